The van der Waals surface area contributed by atoms with Crippen molar-refractivity contribution >= 4 is 10.9 Å². The highest BCUT2D eigenvalue weighted by Crippen LogP contribution is 2.21. The molecule has 21 heavy (non-hydrogen) atoms. The molecule has 1 aliphatic carbocycles. The fraction of sp³-hybridized carbons (Fsp3) is 0.235. The van der Waals surface area contributed by atoms with Gasteiger partial charge in [0.05, 0.1) is 11.2 Å². The Morgan fingerprint density at radius 1 is 0.952 bits per heavy atom. The Labute approximate surface area is 121 Å². The number of hydrogen-bond acceptors (Lipinski definition) is 3. The number of benzene rings is 1. The van der Waals surface area contributed by atoms with Crippen molar-refractivity contribution in [2.24, 2.45) is 0 Å². The van der Waals surface area contributed by atoms with E-state index in [0.717, 1.165) is 53.5 Å². The molecule has 104 valence electrons. The van der Waals surface area contributed by atoms with Gasteiger partial charge in [-0.05, 0) is 37.8 Å². The standard InChI is InChI=1S/C17H15N3O/c21-17-12-6-2-4-8-14(12)19-16(20-17)15-10-9-11-5-1-3-7-13(11)18-15/h1,3,5,7,9-10H,2,4,6,8H2,(H,19,20,21). The molecule has 0 saturated heterocycles. The Kier molecular flexibility index (Phi) is 2.81. The van der Waals surface area contributed by atoms with Gasteiger partial charge in [0.1, 0.15) is 5.69 Å². The smallest absolute Gasteiger partial charge is 0.254 e. The number of nitrogens with one attached hydrogen (secondary N) is 1. The Hall–Kier alpha value is -2.49. The minimum atomic E-state index is -0.00958. The molecule has 1 aliphatic rings. The van der Waals surface area contributed by atoms with E-state index in [1.807, 2.05) is 36.4 Å². The zero-order chi connectivity index (χ0) is 14.2. The predicted octanol–water partition coefficient (Wildman–Crippen LogP) is 2.86. The summed E-state index contributed by atoms with van der Waals surface area (Å²) >= 11 is 0. The normalized spacial score (nSPS) is 14.1. The van der Waals surface area contributed by atoms with Crippen LogP contribution in [0.3, 0.4) is 0 Å². The molecule has 0 fully saturated rings. The molecule has 0 unspecified atom stereocenters. The minimum Gasteiger partial charge on any atom is -0.305 e. The van der Waals surface area contributed by atoms with Crippen molar-refractivity contribution in [1.29, 1.82) is 0 Å². The zero-order valence-corrected chi connectivity index (χ0v) is 11.6. The molecule has 2 aromatic heterocycles. The highest BCUT2D eigenvalue weighted by atomic mass is 16.1. The van der Waals surface area contributed by atoms with Crippen molar-refractivity contribution in [1.82, 2.24) is 15.0 Å². The van der Waals surface area contributed by atoms with Gasteiger partial charge in [-0.15, -0.1) is 0 Å². The van der Waals surface area contributed by atoms with Crippen LogP contribution in [0.4, 0.5) is 0 Å². The summed E-state index contributed by atoms with van der Waals surface area (Å²) in [5, 5.41) is 1.08. The van der Waals surface area contributed by atoms with E-state index in [2.05, 4.69) is 15.0 Å². The molecule has 2 heterocycles. The van der Waals surface area contributed by atoms with Gasteiger partial charge in [0.25, 0.3) is 5.56 Å². The minimum absolute atomic E-state index is 0.00958. The van der Waals surface area contributed by atoms with Crippen LogP contribution < -0.4 is 5.56 Å². The van der Waals surface area contributed by atoms with Crippen LogP contribution in [0, 0.1) is 0 Å². The first-order valence-electron chi connectivity index (χ1n) is 7.29. The first kappa shape index (κ1) is 12.3. The van der Waals surface area contributed by atoms with E-state index in [9.17, 15) is 4.79 Å². The van der Waals surface area contributed by atoms with E-state index in [0.29, 0.717) is 5.82 Å². The van der Waals surface area contributed by atoms with Crippen LogP contribution in [0.15, 0.2) is 41.2 Å². The summed E-state index contributed by atoms with van der Waals surface area (Å²) in [7, 11) is 0. The molecule has 0 aliphatic heterocycles. The number of pyridine rings is 1. The number of H-pyrrole nitrogens is 1. The number of hydrogen-bond donors (Lipinski definition) is 1. The van der Waals surface area contributed by atoms with Gasteiger partial charge in [0, 0.05) is 10.9 Å². The van der Waals surface area contributed by atoms with Gasteiger partial charge >= 0.3 is 0 Å². The van der Waals surface area contributed by atoms with Crippen molar-refractivity contribution in [2.45, 2.75) is 25.7 Å². The Morgan fingerprint density at radius 3 is 2.76 bits per heavy atom. The number of aromatic nitrogens is 3. The van der Waals surface area contributed by atoms with E-state index < -0.39 is 0 Å². The summed E-state index contributed by atoms with van der Waals surface area (Å²) < 4.78 is 0. The van der Waals surface area contributed by atoms with Gasteiger partial charge in [-0.25, -0.2) is 9.97 Å². The van der Waals surface area contributed by atoms with Crippen molar-refractivity contribution in [2.75, 3.05) is 0 Å². The number of nitrogens with zero attached hydrogens (tertiary/aromatic N) is 2. The third-order valence-electron chi connectivity index (χ3n) is 4.03. The van der Waals surface area contributed by atoms with Crippen molar-refractivity contribution < 1.29 is 0 Å². The number of para-hydroxylation sites is 1. The summed E-state index contributed by atoms with van der Waals surface area (Å²) in [6, 6.07) is 11.9. The lowest BCUT2D eigenvalue weighted by Gasteiger charge is -2.14. The van der Waals surface area contributed by atoms with Crippen LogP contribution in [0.5, 0.6) is 0 Å². The van der Waals surface area contributed by atoms with Gasteiger partial charge in [0.2, 0.25) is 0 Å². The van der Waals surface area contributed by atoms with Crippen LogP contribution in [-0.2, 0) is 12.8 Å². The first-order valence-corrected chi connectivity index (χ1v) is 7.29. The summed E-state index contributed by atoms with van der Waals surface area (Å²) in [4.78, 5) is 24.3. The molecule has 4 rings (SSSR count). The SMILES string of the molecule is O=c1[nH]c(-c2ccc3ccccc3n2)nc2c1CCCC2. The van der Waals surface area contributed by atoms with Crippen LogP contribution in [0.25, 0.3) is 22.4 Å². The van der Waals surface area contributed by atoms with Crippen LogP contribution in [0.2, 0.25) is 0 Å². The Morgan fingerprint density at radius 2 is 1.81 bits per heavy atom. The second-order valence-corrected chi connectivity index (χ2v) is 5.44. The fourth-order valence-electron chi connectivity index (χ4n) is 2.92. The number of aryl methyl sites for hydroxylation is 1. The third kappa shape index (κ3) is 2.13. The fourth-order valence-corrected chi connectivity index (χ4v) is 2.92. The molecule has 0 atom stereocenters. The molecule has 4 nitrogen and oxygen atoms in total. The number of fused-ring (bicyclic) bond motifs is 2. The molecule has 0 bridgehead atoms. The maximum atomic E-state index is 12.2. The molecular weight excluding hydrogens is 262 g/mol. The summed E-state index contributed by atoms with van der Waals surface area (Å²) in [6.07, 6.45) is 3.91. The molecule has 0 radical (unpaired) electrons. The van der Waals surface area contributed by atoms with E-state index in [1.54, 1.807) is 0 Å². The molecule has 0 amide bonds. The van der Waals surface area contributed by atoms with Crippen molar-refractivity contribution in [3.63, 3.8) is 0 Å². The quantitative estimate of drug-likeness (QED) is 0.744. The third-order valence-corrected chi connectivity index (χ3v) is 4.03. The highest BCUT2D eigenvalue weighted by molar-refractivity contribution is 5.80. The maximum Gasteiger partial charge on any atom is 0.254 e. The Bertz CT molecular complexity index is 883. The van der Waals surface area contributed by atoms with E-state index in [-0.39, 0.29) is 5.56 Å². The lowest BCUT2D eigenvalue weighted by Crippen LogP contribution is -2.21. The van der Waals surface area contributed by atoms with Gasteiger partial charge in [-0.2, -0.15) is 0 Å². The van der Waals surface area contributed by atoms with Gasteiger partial charge in [-0.1, -0.05) is 24.3 Å². The van der Waals surface area contributed by atoms with E-state index in [4.69, 9.17) is 0 Å². The Balaban J connectivity index is 1.88. The van der Waals surface area contributed by atoms with E-state index >= 15 is 0 Å². The molecular formula is C17H15N3O. The van der Waals surface area contributed by atoms with E-state index in [1.165, 1.54) is 0 Å². The predicted molar refractivity (Wildman–Crippen MR) is 82.2 cm³/mol. The number of rotatable bonds is 1. The highest BCUT2D eigenvalue weighted by Gasteiger charge is 2.16. The monoisotopic (exact) mass is 277 g/mol. The summed E-state index contributed by atoms with van der Waals surface area (Å²) in [6.45, 7) is 0. The summed E-state index contributed by atoms with van der Waals surface area (Å²) in [5.74, 6) is 0.575. The summed E-state index contributed by atoms with van der Waals surface area (Å²) in [5.41, 5.74) is 3.42. The van der Waals surface area contributed by atoms with Gasteiger partial charge in [-0.3, -0.25) is 4.79 Å². The lowest BCUT2D eigenvalue weighted by molar-refractivity contribution is 0.657. The van der Waals surface area contributed by atoms with Crippen molar-refractivity contribution in [3.05, 3.63) is 58.0 Å². The second-order valence-electron chi connectivity index (χ2n) is 5.44. The topological polar surface area (TPSA) is 58.6 Å². The van der Waals surface area contributed by atoms with Gasteiger partial charge < -0.3 is 4.98 Å². The average molecular weight is 277 g/mol. The van der Waals surface area contributed by atoms with Crippen molar-refractivity contribution in [3.8, 4) is 11.5 Å². The van der Waals surface area contributed by atoms with Crippen LogP contribution in [-0.4, -0.2) is 15.0 Å². The van der Waals surface area contributed by atoms with Crippen LogP contribution >= 0.6 is 0 Å². The molecule has 4 heteroatoms. The molecule has 1 aromatic carbocycles. The van der Waals surface area contributed by atoms with Crippen LogP contribution in [0.1, 0.15) is 24.1 Å². The molecule has 0 saturated carbocycles. The molecule has 3 aromatic rings. The van der Waals surface area contributed by atoms with Gasteiger partial charge in [0.15, 0.2) is 5.82 Å². The molecule has 0 spiro atoms. The first-order chi connectivity index (χ1) is 10.3. The lowest BCUT2D eigenvalue weighted by atomic mass is 9.97. The molecule has 1 N–H and O–H groups in total. The zero-order valence-electron chi connectivity index (χ0n) is 11.6. The average Bonchev–Trinajstić information content (AvgIpc) is 2.54. The second kappa shape index (κ2) is 4.81. The maximum absolute atomic E-state index is 12.2. The number of aromatic amines is 1. The largest absolute Gasteiger partial charge is 0.305 e.